The Labute approximate surface area is 330 Å². The van der Waals surface area contributed by atoms with Crippen LogP contribution in [-0.4, -0.2) is 13.1 Å². The Bertz CT molecular complexity index is 2490. The van der Waals surface area contributed by atoms with Crippen LogP contribution in [0.5, 0.6) is 0 Å². The highest BCUT2D eigenvalue weighted by molar-refractivity contribution is 6.89. The first-order valence-electron chi connectivity index (χ1n) is 20.8. The summed E-state index contributed by atoms with van der Waals surface area (Å²) in [4.78, 5) is 4.84. The van der Waals surface area contributed by atoms with E-state index in [4.69, 9.17) is 16.0 Å². The normalized spacial score (nSPS) is 17.3. The number of aryl methyl sites for hydroxylation is 2. The topological polar surface area (TPSA) is 33.8 Å². The summed E-state index contributed by atoms with van der Waals surface area (Å²) >= 11 is 0. The zero-order valence-corrected chi connectivity index (χ0v) is 36.2. The van der Waals surface area contributed by atoms with Crippen LogP contribution >= 0.6 is 0 Å². The second-order valence-electron chi connectivity index (χ2n) is 19.7. The average molecular weight is 748 g/mol. The predicted molar refractivity (Wildman–Crippen MR) is 233 cm³/mol. The summed E-state index contributed by atoms with van der Waals surface area (Å²) in [6.07, 6.45) is 9.85. The molecule has 55 heavy (non-hydrogen) atoms. The first-order chi connectivity index (χ1) is 26.0. The van der Waals surface area contributed by atoms with Crippen molar-refractivity contribution in [1.82, 2.24) is 4.98 Å². The van der Waals surface area contributed by atoms with E-state index in [1.807, 2.05) is 6.92 Å². The maximum absolute atomic E-state index is 6.80. The second kappa shape index (κ2) is 13.7. The number of hydrogen-bond acceptors (Lipinski definition) is 2. The second-order valence-corrected chi connectivity index (χ2v) is 24.7. The van der Waals surface area contributed by atoms with Gasteiger partial charge in [0.1, 0.15) is 0 Å². The summed E-state index contributed by atoms with van der Waals surface area (Å²) in [6, 6.07) is 23.9. The number of fused-ring (bicyclic) bond motifs is 13. The smallest absolute Gasteiger partial charge is 0.227 e. The summed E-state index contributed by atoms with van der Waals surface area (Å²) in [6.45, 7) is 30.9. The van der Waals surface area contributed by atoms with Crippen LogP contribution in [0.1, 0.15) is 107 Å². The van der Waals surface area contributed by atoms with Gasteiger partial charge >= 0.3 is 0 Å². The summed E-state index contributed by atoms with van der Waals surface area (Å²) in [5.41, 5.74) is 16.0. The van der Waals surface area contributed by atoms with Gasteiger partial charge in [-0.2, -0.15) is 9.13 Å². The maximum Gasteiger partial charge on any atom is 0.227 e. The fourth-order valence-corrected chi connectivity index (χ4v) is 11.2. The first kappa shape index (κ1) is 37.6. The molecule has 0 fully saturated rings. The molecule has 2 unspecified atom stereocenters. The molecule has 0 saturated heterocycles. The van der Waals surface area contributed by atoms with Crippen LogP contribution in [0.4, 0.5) is 0 Å². The molecule has 4 nitrogen and oxygen atoms in total. The molecule has 5 heteroatoms. The van der Waals surface area contributed by atoms with E-state index in [0.717, 1.165) is 59.9 Å². The van der Waals surface area contributed by atoms with Gasteiger partial charge in [0, 0.05) is 45.8 Å². The number of pyridine rings is 3. The van der Waals surface area contributed by atoms with Gasteiger partial charge in [-0.1, -0.05) is 92.4 Å². The van der Waals surface area contributed by atoms with Crippen molar-refractivity contribution < 1.29 is 13.6 Å². The van der Waals surface area contributed by atoms with Crippen LogP contribution in [0.3, 0.4) is 0 Å². The monoisotopic (exact) mass is 747 g/mol. The van der Waals surface area contributed by atoms with Gasteiger partial charge < -0.3 is 4.42 Å². The van der Waals surface area contributed by atoms with Crippen LogP contribution in [0.25, 0.3) is 50.3 Å². The number of allylic oxidation sites excluding steroid dienone is 1. The van der Waals surface area contributed by atoms with Gasteiger partial charge in [-0.15, -0.1) is 0 Å². The standard InChI is InChI=1S/C50H61N3OSi/c1-30(2)23-34-21-22-52-33(6)25-43-39(18-14-35-15-19-40-41-17-13-32(5)51-49(41)54-48(40)47(35)45(52)26-34)38-20-16-37(50(7,8)9)28-42(38)44-27-36(24-31(3)4)46(29-53(43)44)55(10,11)12/h13,15-17,19-22,26-31,39,43H,6,14,18,23-25H2,1-5,7-12H3/q+2. The lowest BCUT2D eigenvalue weighted by atomic mass is 9.75. The third kappa shape index (κ3) is 6.81. The highest BCUT2D eigenvalue weighted by Gasteiger charge is 2.44. The quantitative estimate of drug-likeness (QED) is 0.130. The molecule has 2 aliphatic rings. The van der Waals surface area contributed by atoms with E-state index < -0.39 is 8.07 Å². The molecule has 6 heterocycles. The maximum atomic E-state index is 6.80. The van der Waals surface area contributed by atoms with Crippen LogP contribution in [-0.2, 0) is 24.7 Å². The molecule has 2 aromatic carbocycles. The molecule has 2 atom stereocenters. The van der Waals surface area contributed by atoms with E-state index in [-0.39, 0.29) is 11.5 Å². The molecule has 284 valence electrons. The number of rotatable bonds is 5. The molecule has 0 bridgehead atoms. The van der Waals surface area contributed by atoms with Gasteiger partial charge in [0.2, 0.25) is 17.1 Å². The van der Waals surface area contributed by atoms with Crippen molar-refractivity contribution in [2.45, 2.75) is 125 Å². The molecular weight excluding hydrogens is 687 g/mol. The molecule has 4 aromatic heterocycles. The molecular formula is C50H61N3OSi+2. The number of hydrogen-bond donors (Lipinski definition) is 0. The van der Waals surface area contributed by atoms with Gasteiger partial charge in [0.25, 0.3) is 0 Å². The lowest BCUT2D eigenvalue weighted by molar-refractivity contribution is -0.719. The Morgan fingerprint density at radius 3 is 2.35 bits per heavy atom. The van der Waals surface area contributed by atoms with Gasteiger partial charge in [-0.05, 0) is 102 Å². The number of furan rings is 1. The van der Waals surface area contributed by atoms with E-state index in [0.29, 0.717) is 23.5 Å². The molecule has 2 aliphatic heterocycles. The van der Waals surface area contributed by atoms with E-state index >= 15 is 0 Å². The lowest BCUT2D eigenvalue weighted by Crippen LogP contribution is -2.54. The highest BCUT2D eigenvalue weighted by Crippen LogP contribution is 2.47. The molecule has 0 amide bonds. The van der Waals surface area contributed by atoms with E-state index in [1.54, 1.807) is 5.19 Å². The van der Waals surface area contributed by atoms with Crippen LogP contribution in [0.15, 0.2) is 84.1 Å². The largest absolute Gasteiger partial charge is 0.437 e. The Morgan fingerprint density at radius 1 is 0.891 bits per heavy atom. The minimum Gasteiger partial charge on any atom is -0.437 e. The molecule has 0 radical (unpaired) electrons. The molecule has 0 spiro atoms. The summed E-state index contributed by atoms with van der Waals surface area (Å²) in [7, 11) is -1.68. The van der Waals surface area contributed by atoms with Crippen molar-refractivity contribution in [2.24, 2.45) is 11.8 Å². The van der Waals surface area contributed by atoms with Crippen molar-refractivity contribution in [3.05, 3.63) is 113 Å². The molecule has 0 aliphatic carbocycles. The Morgan fingerprint density at radius 2 is 1.64 bits per heavy atom. The average Bonchev–Trinajstić information content (AvgIpc) is 3.46. The van der Waals surface area contributed by atoms with Crippen LogP contribution in [0, 0.1) is 18.8 Å². The van der Waals surface area contributed by atoms with E-state index in [2.05, 4.69) is 150 Å². The number of nitrogens with zero attached hydrogens (tertiary/aromatic N) is 3. The lowest BCUT2D eigenvalue weighted by Gasteiger charge is -2.34. The SMILES string of the molecule is C=C1CC2C(CCc3ccc4c(oc5nc(C)ccc54)c3-c3cc(CC(C)C)cc[n+]31)c1ccc(C(C)(C)C)cc1-c1cc(CC(C)C)c([Si](C)(C)C)c[n+]12. The number of aromatic nitrogens is 3. The third-order valence-corrected chi connectivity index (χ3v) is 14.3. The zero-order valence-electron chi connectivity index (χ0n) is 35.2. The summed E-state index contributed by atoms with van der Waals surface area (Å²) in [5.74, 6) is 1.46. The molecule has 0 N–H and O–H groups in total. The third-order valence-electron chi connectivity index (χ3n) is 12.2. The summed E-state index contributed by atoms with van der Waals surface area (Å²) < 4.78 is 11.9. The van der Waals surface area contributed by atoms with Crippen molar-refractivity contribution in [2.75, 3.05) is 0 Å². The molecule has 0 saturated carbocycles. The Kier molecular flexibility index (Phi) is 9.35. The van der Waals surface area contributed by atoms with Crippen molar-refractivity contribution in [1.29, 1.82) is 0 Å². The molecule has 8 rings (SSSR count). The van der Waals surface area contributed by atoms with Crippen molar-refractivity contribution in [3.63, 3.8) is 0 Å². The van der Waals surface area contributed by atoms with Crippen molar-refractivity contribution in [3.8, 4) is 22.5 Å². The first-order valence-corrected chi connectivity index (χ1v) is 24.3. The summed E-state index contributed by atoms with van der Waals surface area (Å²) in [5, 5.41) is 3.79. The van der Waals surface area contributed by atoms with Gasteiger partial charge in [0.05, 0.1) is 25.6 Å². The number of benzene rings is 2. The van der Waals surface area contributed by atoms with Crippen LogP contribution < -0.4 is 14.3 Å². The Balaban J connectivity index is 1.39. The van der Waals surface area contributed by atoms with Crippen molar-refractivity contribution >= 4 is 41.0 Å². The minimum absolute atomic E-state index is 0.0550. The highest BCUT2D eigenvalue weighted by atomic mass is 28.3. The Hall–Kier alpha value is -4.35. The predicted octanol–water partition coefficient (Wildman–Crippen LogP) is 11.6. The molecule has 6 aromatic rings. The zero-order chi connectivity index (χ0) is 39.1. The van der Waals surface area contributed by atoms with Gasteiger partial charge in [-0.3, -0.25) is 0 Å². The van der Waals surface area contributed by atoms with Gasteiger partial charge in [-0.25, -0.2) is 4.98 Å². The fourth-order valence-electron chi connectivity index (χ4n) is 9.55. The van der Waals surface area contributed by atoms with E-state index in [1.165, 1.54) is 50.3 Å². The fraction of sp³-hybridized carbons (Fsp3) is 0.420. The van der Waals surface area contributed by atoms with Crippen LogP contribution in [0.2, 0.25) is 19.6 Å². The minimum atomic E-state index is -1.68. The van der Waals surface area contributed by atoms with E-state index in [9.17, 15) is 0 Å². The van der Waals surface area contributed by atoms with Gasteiger partial charge in [0.15, 0.2) is 29.7 Å².